The second kappa shape index (κ2) is 5.25. The number of rotatable bonds is 4. The van der Waals surface area contributed by atoms with Crippen LogP contribution >= 0.6 is 11.6 Å². The van der Waals surface area contributed by atoms with Crippen molar-refractivity contribution in [3.63, 3.8) is 0 Å². The van der Waals surface area contributed by atoms with Crippen molar-refractivity contribution in [2.45, 2.75) is 10.8 Å². The van der Waals surface area contributed by atoms with E-state index in [2.05, 4.69) is 0 Å². The van der Waals surface area contributed by atoms with Gasteiger partial charge in [-0.25, -0.2) is 0 Å². The molecule has 0 fully saturated rings. The Morgan fingerprint density at radius 3 is 2.60 bits per heavy atom. The molecule has 0 radical (unpaired) electrons. The van der Waals surface area contributed by atoms with E-state index in [1.165, 1.54) is 6.07 Å². The van der Waals surface area contributed by atoms with Crippen molar-refractivity contribution in [3.05, 3.63) is 29.3 Å². The number of nitrogens with two attached hydrogens (primary N) is 2. The summed E-state index contributed by atoms with van der Waals surface area (Å²) in [7, 11) is -1.30. The van der Waals surface area contributed by atoms with Gasteiger partial charge in [-0.2, -0.15) is 0 Å². The lowest BCUT2D eigenvalue weighted by Crippen LogP contribution is -2.15. The van der Waals surface area contributed by atoms with Gasteiger partial charge >= 0.3 is 0 Å². The van der Waals surface area contributed by atoms with Crippen LogP contribution in [0.2, 0.25) is 0 Å². The van der Waals surface area contributed by atoms with Crippen LogP contribution in [-0.4, -0.2) is 16.0 Å². The first-order valence-corrected chi connectivity index (χ1v) is 6.02. The molecule has 0 aliphatic carbocycles. The van der Waals surface area contributed by atoms with Gasteiger partial charge in [-0.3, -0.25) is 9.00 Å². The molecular formula is C9H11ClN2O2S. The fraction of sp³-hybridized carbons (Fsp3) is 0.222. The SMILES string of the molecule is NCS(=O)c1ccc(CCl)c(C(N)=O)c1. The molecule has 1 amide bonds. The van der Waals surface area contributed by atoms with Crippen LogP contribution in [0.25, 0.3) is 0 Å². The summed E-state index contributed by atoms with van der Waals surface area (Å²) in [5.74, 6) is -0.381. The predicted octanol–water partition coefficient (Wildman–Crippen LogP) is 0.548. The molecule has 6 heteroatoms. The highest BCUT2D eigenvalue weighted by Crippen LogP contribution is 2.16. The molecule has 0 spiro atoms. The molecule has 1 aromatic rings. The molecule has 1 rings (SSSR count). The zero-order valence-corrected chi connectivity index (χ0v) is 9.48. The fourth-order valence-electron chi connectivity index (χ4n) is 1.14. The molecule has 1 aromatic carbocycles. The van der Waals surface area contributed by atoms with Gasteiger partial charge in [0.25, 0.3) is 0 Å². The van der Waals surface area contributed by atoms with E-state index < -0.39 is 16.7 Å². The molecule has 0 aliphatic rings. The lowest BCUT2D eigenvalue weighted by molar-refractivity contribution is 0.0999. The number of hydrogen-bond acceptors (Lipinski definition) is 3. The Bertz CT molecular complexity index is 409. The maximum Gasteiger partial charge on any atom is 0.249 e. The Balaban J connectivity index is 3.22. The summed E-state index contributed by atoms with van der Waals surface area (Å²) in [5.41, 5.74) is 11.4. The average molecular weight is 247 g/mol. The van der Waals surface area contributed by atoms with Crippen molar-refractivity contribution in [1.29, 1.82) is 0 Å². The van der Waals surface area contributed by atoms with Crippen LogP contribution in [0.5, 0.6) is 0 Å². The minimum Gasteiger partial charge on any atom is -0.366 e. The largest absolute Gasteiger partial charge is 0.366 e. The molecule has 0 saturated heterocycles. The third-order valence-electron chi connectivity index (χ3n) is 1.91. The van der Waals surface area contributed by atoms with Crippen molar-refractivity contribution in [3.8, 4) is 0 Å². The Kier molecular flexibility index (Phi) is 4.26. The van der Waals surface area contributed by atoms with E-state index in [1.807, 2.05) is 0 Å². The van der Waals surface area contributed by atoms with Gasteiger partial charge in [0.1, 0.15) is 0 Å². The van der Waals surface area contributed by atoms with E-state index in [4.69, 9.17) is 23.1 Å². The van der Waals surface area contributed by atoms with Crippen molar-refractivity contribution in [2.75, 3.05) is 5.88 Å². The van der Waals surface area contributed by atoms with Crippen LogP contribution in [0.3, 0.4) is 0 Å². The van der Waals surface area contributed by atoms with Gasteiger partial charge in [0.05, 0.1) is 16.7 Å². The van der Waals surface area contributed by atoms with Crippen molar-refractivity contribution in [1.82, 2.24) is 0 Å². The maximum absolute atomic E-state index is 11.4. The number of alkyl halides is 1. The number of hydrogen-bond donors (Lipinski definition) is 2. The zero-order chi connectivity index (χ0) is 11.4. The summed E-state index contributed by atoms with van der Waals surface area (Å²) in [6.07, 6.45) is 0. The van der Waals surface area contributed by atoms with Crippen molar-refractivity contribution < 1.29 is 9.00 Å². The Morgan fingerprint density at radius 1 is 1.47 bits per heavy atom. The third-order valence-corrected chi connectivity index (χ3v) is 3.28. The standard InChI is InChI=1S/C9H11ClN2O2S/c10-4-6-1-2-7(15(14)5-11)3-8(6)9(12)13/h1-3H,4-5,11H2,(H2,12,13). The molecule has 15 heavy (non-hydrogen) atoms. The summed E-state index contributed by atoms with van der Waals surface area (Å²) < 4.78 is 11.4. The number of carbonyl (C=O) groups excluding carboxylic acids is 1. The first-order valence-electron chi connectivity index (χ1n) is 4.17. The lowest BCUT2D eigenvalue weighted by Gasteiger charge is -2.06. The molecule has 1 unspecified atom stereocenters. The molecule has 0 saturated carbocycles. The second-order valence-corrected chi connectivity index (χ2v) is 4.59. The van der Waals surface area contributed by atoms with Crippen molar-refractivity contribution in [2.24, 2.45) is 11.5 Å². The van der Waals surface area contributed by atoms with Crippen LogP contribution in [0.1, 0.15) is 15.9 Å². The smallest absolute Gasteiger partial charge is 0.249 e. The molecule has 0 heterocycles. The number of halogens is 1. The number of primary amides is 1. The molecule has 0 aromatic heterocycles. The Labute approximate surface area is 95.0 Å². The highest BCUT2D eigenvalue weighted by molar-refractivity contribution is 7.85. The van der Waals surface area contributed by atoms with Gasteiger partial charge in [0, 0.05) is 16.3 Å². The molecule has 4 N–H and O–H groups in total. The van der Waals surface area contributed by atoms with E-state index in [9.17, 15) is 9.00 Å². The van der Waals surface area contributed by atoms with Crippen LogP contribution < -0.4 is 11.5 Å². The topological polar surface area (TPSA) is 86.2 Å². The van der Waals surface area contributed by atoms with E-state index in [-0.39, 0.29) is 11.8 Å². The molecule has 1 atom stereocenters. The van der Waals surface area contributed by atoms with Crippen LogP contribution in [0.4, 0.5) is 0 Å². The zero-order valence-electron chi connectivity index (χ0n) is 7.90. The van der Waals surface area contributed by atoms with E-state index in [0.717, 1.165) is 0 Å². The monoisotopic (exact) mass is 246 g/mol. The van der Waals surface area contributed by atoms with Gasteiger partial charge < -0.3 is 11.5 Å². The highest BCUT2D eigenvalue weighted by Gasteiger charge is 2.10. The van der Waals surface area contributed by atoms with E-state index >= 15 is 0 Å². The van der Waals surface area contributed by atoms with Gasteiger partial charge in [-0.1, -0.05) is 6.07 Å². The summed E-state index contributed by atoms with van der Waals surface area (Å²) in [6.45, 7) is 0. The molecule has 0 aliphatic heterocycles. The van der Waals surface area contributed by atoms with Crippen LogP contribution in [-0.2, 0) is 16.7 Å². The van der Waals surface area contributed by atoms with Gasteiger partial charge in [-0.05, 0) is 17.7 Å². The molecule has 4 nitrogen and oxygen atoms in total. The average Bonchev–Trinajstić information content (AvgIpc) is 2.27. The third kappa shape index (κ3) is 2.77. The molecule has 0 bridgehead atoms. The van der Waals surface area contributed by atoms with Crippen molar-refractivity contribution >= 4 is 28.3 Å². The van der Waals surface area contributed by atoms with Crippen LogP contribution in [0, 0.1) is 0 Å². The minimum absolute atomic E-state index is 0.0123. The summed E-state index contributed by atoms with van der Waals surface area (Å²) in [6, 6.07) is 4.74. The molecular weight excluding hydrogens is 236 g/mol. The summed E-state index contributed by atoms with van der Waals surface area (Å²) >= 11 is 5.63. The minimum atomic E-state index is -1.30. The number of benzene rings is 1. The van der Waals surface area contributed by atoms with Gasteiger partial charge in [0.15, 0.2) is 0 Å². The highest BCUT2D eigenvalue weighted by atomic mass is 35.5. The van der Waals surface area contributed by atoms with E-state index in [0.29, 0.717) is 16.0 Å². The summed E-state index contributed by atoms with van der Waals surface area (Å²) in [5, 5.41) is 0. The van der Waals surface area contributed by atoms with Gasteiger partial charge in [0.2, 0.25) is 5.91 Å². The number of carbonyl (C=O) groups is 1. The van der Waals surface area contributed by atoms with Crippen LogP contribution in [0.15, 0.2) is 23.1 Å². The normalized spacial score (nSPS) is 12.4. The second-order valence-electron chi connectivity index (χ2n) is 2.83. The number of amides is 1. The fourth-order valence-corrected chi connectivity index (χ4v) is 2.03. The first kappa shape index (κ1) is 12.2. The summed E-state index contributed by atoms with van der Waals surface area (Å²) in [4.78, 5) is 11.6. The van der Waals surface area contributed by atoms with E-state index in [1.54, 1.807) is 12.1 Å². The Hall–Kier alpha value is -0.910. The predicted molar refractivity (Wildman–Crippen MR) is 60.0 cm³/mol. The maximum atomic E-state index is 11.4. The Morgan fingerprint density at radius 2 is 2.13 bits per heavy atom. The quantitative estimate of drug-likeness (QED) is 0.761. The van der Waals surface area contributed by atoms with Gasteiger partial charge in [-0.15, -0.1) is 11.6 Å². The lowest BCUT2D eigenvalue weighted by atomic mass is 10.1. The first-order chi connectivity index (χ1) is 7.10. The molecule has 82 valence electrons.